The molecule has 3 unspecified atom stereocenters. The molecule has 1 aliphatic rings. The summed E-state index contributed by atoms with van der Waals surface area (Å²) in [5.41, 5.74) is 5.98. The van der Waals surface area contributed by atoms with E-state index in [0.717, 1.165) is 6.42 Å². The molecule has 2 N–H and O–H groups in total. The van der Waals surface area contributed by atoms with Gasteiger partial charge in [-0.2, -0.15) is 0 Å². The molecule has 18 heavy (non-hydrogen) atoms. The van der Waals surface area contributed by atoms with Crippen LogP contribution >= 0.6 is 0 Å². The molecule has 0 saturated heterocycles. The Morgan fingerprint density at radius 1 is 1.11 bits per heavy atom. The average Bonchev–Trinajstić information content (AvgIpc) is 2.35. The van der Waals surface area contributed by atoms with Crippen LogP contribution in [0.15, 0.2) is 0 Å². The Balaban J connectivity index is 2.74. The van der Waals surface area contributed by atoms with Crippen LogP contribution in [-0.4, -0.2) is 55.0 Å². The number of carbonyl (C=O) groups is 1. The molecule has 1 amide bonds. The summed E-state index contributed by atoms with van der Waals surface area (Å²) in [6, 6.07) is 0.401. The third-order valence-corrected chi connectivity index (χ3v) is 4.21. The molecule has 1 rings (SSSR count). The van der Waals surface area contributed by atoms with Crippen LogP contribution < -0.4 is 5.73 Å². The molecular formula is C14H29N3O. The summed E-state index contributed by atoms with van der Waals surface area (Å²) in [5, 5.41) is 0. The summed E-state index contributed by atoms with van der Waals surface area (Å²) in [6.45, 7) is 4.00. The van der Waals surface area contributed by atoms with Gasteiger partial charge in [0.1, 0.15) is 0 Å². The van der Waals surface area contributed by atoms with Gasteiger partial charge in [0, 0.05) is 19.1 Å². The van der Waals surface area contributed by atoms with E-state index in [-0.39, 0.29) is 17.9 Å². The molecule has 0 aromatic rings. The largest absolute Gasteiger partial charge is 0.340 e. The first kappa shape index (κ1) is 15.4. The minimum atomic E-state index is -0.375. The number of hydrogen-bond donors (Lipinski definition) is 1. The molecule has 1 fully saturated rings. The molecular weight excluding hydrogens is 226 g/mol. The van der Waals surface area contributed by atoms with Crippen molar-refractivity contribution in [3.8, 4) is 0 Å². The third kappa shape index (κ3) is 3.45. The number of carbonyl (C=O) groups excluding carboxylic acids is 1. The second-order valence-corrected chi connectivity index (χ2v) is 6.10. The van der Waals surface area contributed by atoms with Gasteiger partial charge in [-0.25, -0.2) is 0 Å². The Kier molecular flexibility index (Phi) is 5.60. The van der Waals surface area contributed by atoms with Gasteiger partial charge in [-0.3, -0.25) is 4.79 Å². The zero-order valence-corrected chi connectivity index (χ0v) is 12.5. The Hall–Kier alpha value is -0.610. The van der Waals surface area contributed by atoms with Gasteiger partial charge >= 0.3 is 0 Å². The van der Waals surface area contributed by atoms with E-state index in [4.69, 9.17) is 5.73 Å². The first-order chi connectivity index (χ1) is 8.36. The fourth-order valence-electron chi connectivity index (χ4n) is 2.83. The van der Waals surface area contributed by atoms with Crippen molar-refractivity contribution in [2.45, 2.75) is 57.7 Å². The van der Waals surface area contributed by atoms with E-state index < -0.39 is 0 Å². The van der Waals surface area contributed by atoms with E-state index in [0.29, 0.717) is 12.1 Å². The van der Waals surface area contributed by atoms with Crippen molar-refractivity contribution in [1.82, 2.24) is 9.80 Å². The molecule has 0 heterocycles. The fourth-order valence-corrected chi connectivity index (χ4v) is 2.83. The monoisotopic (exact) mass is 255 g/mol. The van der Waals surface area contributed by atoms with Gasteiger partial charge in [0.2, 0.25) is 5.91 Å². The molecule has 0 radical (unpaired) electrons. The van der Waals surface area contributed by atoms with Gasteiger partial charge in [0.05, 0.1) is 6.04 Å². The van der Waals surface area contributed by atoms with Gasteiger partial charge in [0.15, 0.2) is 0 Å². The Morgan fingerprint density at radius 2 is 1.61 bits per heavy atom. The van der Waals surface area contributed by atoms with Crippen LogP contribution in [-0.2, 0) is 4.79 Å². The van der Waals surface area contributed by atoms with Gasteiger partial charge in [0.25, 0.3) is 0 Å². The van der Waals surface area contributed by atoms with Crippen molar-refractivity contribution >= 4 is 5.91 Å². The minimum Gasteiger partial charge on any atom is -0.340 e. The third-order valence-electron chi connectivity index (χ3n) is 4.21. The summed E-state index contributed by atoms with van der Waals surface area (Å²) in [7, 11) is 6.12. The molecule has 1 aliphatic carbocycles. The molecule has 0 bridgehead atoms. The molecule has 4 nitrogen and oxygen atoms in total. The van der Waals surface area contributed by atoms with E-state index in [2.05, 4.69) is 19.0 Å². The van der Waals surface area contributed by atoms with Gasteiger partial charge in [-0.05, 0) is 32.9 Å². The summed E-state index contributed by atoms with van der Waals surface area (Å²) < 4.78 is 0. The first-order valence-electron chi connectivity index (χ1n) is 7.05. The molecule has 0 spiro atoms. The quantitative estimate of drug-likeness (QED) is 0.824. The highest BCUT2D eigenvalue weighted by Gasteiger charge is 2.34. The van der Waals surface area contributed by atoms with Crippen LogP contribution in [0.5, 0.6) is 0 Å². The van der Waals surface area contributed by atoms with E-state index in [9.17, 15) is 4.79 Å². The molecule has 1 saturated carbocycles. The summed E-state index contributed by atoms with van der Waals surface area (Å²) in [5.74, 6) is 0.282. The smallest absolute Gasteiger partial charge is 0.239 e. The summed E-state index contributed by atoms with van der Waals surface area (Å²) in [6.07, 6.45) is 4.74. The lowest BCUT2D eigenvalue weighted by Crippen LogP contribution is -2.56. The van der Waals surface area contributed by atoms with Crippen molar-refractivity contribution in [3.05, 3.63) is 0 Å². The van der Waals surface area contributed by atoms with E-state index in [1.54, 1.807) is 0 Å². The summed E-state index contributed by atoms with van der Waals surface area (Å²) in [4.78, 5) is 16.5. The molecule has 0 aromatic heterocycles. The van der Waals surface area contributed by atoms with Crippen LogP contribution in [0.25, 0.3) is 0 Å². The second-order valence-electron chi connectivity index (χ2n) is 6.10. The number of nitrogens with two attached hydrogens (primary N) is 1. The SMILES string of the molecule is CC(C)C(N)C(=O)N(C)C1CCCCC1N(C)C. The predicted molar refractivity (Wildman–Crippen MR) is 75.3 cm³/mol. The van der Waals surface area contributed by atoms with Gasteiger partial charge < -0.3 is 15.5 Å². The standard InChI is InChI=1S/C14H29N3O/c1-10(2)13(15)14(18)17(5)12-9-7-6-8-11(12)16(3)4/h10-13H,6-9,15H2,1-5H3. The Bertz CT molecular complexity index is 278. The lowest BCUT2D eigenvalue weighted by atomic mass is 9.88. The zero-order chi connectivity index (χ0) is 13.9. The van der Waals surface area contributed by atoms with Crippen molar-refractivity contribution < 1.29 is 4.79 Å². The lowest BCUT2D eigenvalue weighted by Gasteiger charge is -2.42. The maximum atomic E-state index is 12.3. The molecule has 106 valence electrons. The maximum Gasteiger partial charge on any atom is 0.239 e. The van der Waals surface area contributed by atoms with Crippen LogP contribution in [0.4, 0.5) is 0 Å². The van der Waals surface area contributed by atoms with Crippen molar-refractivity contribution in [3.63, 3.8) is 0 Å². The molecule has 4 heteroatoms. The lowest BCUT2D eigenvalue weighted by molar-refractivity contribution is -0.136. The highest BCUT2D eigenvalue weighted by atomic mass is 16.2. The minimum absolute atomic E-state index is 0.0868. The Morgan fingerprint density at radius 3 is 2.06 bits per heavy atom. The number of rotatable bonds is 4. The average molecular weight is 255 g/mol. The topological polar surface area (TPSA) is 49.6 Å². The summed E-state index contributed by atoms with van der Waals surface area (Å²) >= 11 is 0. The van der Waals surface area contributed by atoms with Crippen LogP contribution in [0, 0.1) is 5.92 Å². The van der Waals surface area contributed by atoms with E-state index in [1.165, 1.54) is 19.3 Å². The van der Waals surface area contributed by atoms with E-state index >= 15 is 0 Å². The predicted octanol–water partition coefficient (Wildman–Crippen LogP) is 1.30. The molecule has 0 aliphatic heterocycles. The maximum absolute atomic E-state index is 12.3. The van der Waals surface area contributed by atoms with Crippen molar-refractivity contribution in [2.24, 2.45) is 11.7 Å². The molecule has 3 atom stereocenters. The Labute approximate surface area is 111 Å². The highest BCUT2D eigenvalue weighted by Crippen LogP contribution is 2.26. The number of likely N-dealkylation sites (N-methyl/N-ethyl adjacent to an activating group) is 2. The number of nitrogens with zero attached hydrogens (tertiary/aromatic N) is 2. The second kappa shape index (κ2) is 6.53. The van der Waals surface area contributed by atoms with Crippen LogP contribution in [0.3, 0.4) is 0 Å². The van der Waals surface area contributed by atoms with Crippen LogP contribution in [0.1, 0.15) is 39.5 Å². The molecule has 0 aromatic carbocycles. The number of amides is 1. The van der Waals surface area contributed by atoms with Crippen LogP contribution in [0.2, 0.25) is 0 Å². The van der Waals surface area contributed by atoms with Gasteiger partial charge in [-0.1, -0.05) is 26.7 Å². The highest BCUT2D eigenvalue weighted by molar-refractivity contribution is 5.82. The zero-order valence-electron chi connectivity index (χ0n) is 12.5. The van der Waals surface area contributed by atoms with Crippen molar-refractivity contribution in [1.29, 1.82) is 0 Å². The van der Waals surface area contributed by atoms with E-state index in [1.807, 2.05) is 25.8 Å². The fraction of sp³-hybridized carbons (Fsp3) is 0.929. The van der Waals surface area contributed by atoms with Gasteiger partial charge in [-0.15, -0.1) is 0 Å². The first-order valence-corrected chi connectivity index (χ1v) is 7.05. The number of hydrogen-bond acceptors (Lipinski definition) is 3. The normalized spacial score (nSPS) is 26.4. The van der Waals surface area contributed by atoms with Crippen molar-refractivity contribution in [2.75, 3.05) is 21.1 Å².